The van der Waals surface area contributed by atoms with E-state index >= 15 is 0 Å². The van der Waals surface area contributed by atoms with Crippen LogP contribution in [0.15, 0.2) is 30.5 Å². The standard InChI is InChI=1S/C24H33NO4/c1-4-5-6-7-8-9-10-14-18(19-16-25-20-15-12-11-13-17(19)20)21-22(26)28-24(2,3)29-23(21)27/h11-13,15-16,18,21,25H,4-10,14H2,1-3H3. The van der Waals surface area contributed by atoms with Gasteiger partial charge < -0.3 is 14.5 Å². The summed E-state index contributed by atoms with van der Waals surface area (Å²) < 4.78 is 10.9. The molecule has 1 aliphatic rings. The molecular formula is C24H33NO4. The van der Waals surface area contributed by atoms with Crippen molar-refractivity contribution in [3.05, 3.63) is 36.0 Å². The van der Waals surface area contributed by atoms with Gasteiger partial charge in [0.2, 0.25) is 0 Å². The van der Waals surface area contributed by atoms with E-state index in [4.69, 9.17) is 9.47 Å². The highest BCUT2D eigenvalue weighted by Crippen LogP contribution is 2.39. The van der Waals surface area contributed by atoms with Crippen molar-refractivity contribution in [2.45, 2.75) is 83.8 Å². The molecule has 5 nitrogen and oxygen atoms in total. The summed E-state index contributed by atoms with van der Waals surface area (Å²) in [6, 6.07) is 7.98. The maximum Gasteiger partial charge on any atom is 0.324 e. The number of esters is 2. The van der Waals surface area contributed by atoms with Gasteiger partial charge in [-0.2, -0.15) is 0 Å². The van der Waals surface area contributed by atoms with Crippen molar-refractivity contribution in [3.63, 3.8) is 0 Å². The van der Waals surface area contributed by atoms with Crippen LogP contribution in [0.25, 0.3) is 10.9 Å². The summed E-state index contributed by atoms with van der Waals surface area (Å²) in [5.41, 5.74) is 2.00. The van der Waals surface area contributed by atoms with Gasteiger partial charge in [0.15, 0.2) is 5.92 Å². The predicted octanol–water partition coefficient (Wildman–Crippen LogP) is 5.84. The van der Waals surface area contributed by atoms with Crippen molar-refractivity contribution >= 4 is 22.8 Å². The first-order valence-corrected chi connectivity index (χ1v) is 10.9. The van der Waals surface area contributed by atoms with Crippen LogP contribution in [0.2, 0.25) is 0 Å². The molecule has 0 saturated carbocycles. The number of cyclic esters (lactones) is 2. The zero-order valence-electron chi connectivity index (χ0n) is 17.8. The van der Waals surface area contributed by atoms with Crippen LogP contribution in [0.4, 0.5) is 0 Å². The Morgan fingerprint density at radius 1 is 0.966 bits per heavy atom. The Kier molecular flexibility index (Phi) is 6.99. The molecular weight excluding hydrogens is 366 g/mol. The Labute approximate surface area is 173 Å². The predicted molar refractivity (Wildman–Crippen MR) is 113 cm³/mol. The number of hydrogen-bond acceptors (Lipinski definition) is 4. The minimum Gasteiger partial charge on any atom is -0.422 e. The lowest BCUT2D eigenvalue weighted by Crippen LogP contribution is -2.48. The lowest BCUT2D eigenvalue weighted by Gasteiger charge is -2.36. The first-order valence-electron chi connectivity index (χ1n) is 10.9. The Morgan fingerprint density at radius 3 is 2.28 bits per heavy atom. The summed E-state index contributed by atoms with van der Waals surface area (Å²) in [7, 11) is 0. The molecule has 0 aliphatic carbocycles. The van der Waals surface area contributed by atoms with Crippen molar-refractivity contribution in [2.24, 2.45) is 5.92 Å². The van der Waals surface area contributed by atoms with Crippen molar-refractivity contribution < 1.29 is 19.1 Å². The number of rotatable bonds is 10. The molecule has 0 spiro atoms. The molecule has 1 unspecified atom stereocenters. The molecule has 1 atom stereocenters. The van der Waals surface area contributed by atoms with Gasteiger partial charge >= 0.3 is 11.9 Å². The first-order chi connectivity index (χ1) is 13.9. The van der Waals surface area contributed by atoms with Gasteiger partial charge in [-0.05, 0) is 18.1 Å². The van der Waals surface area contributed by atoms with Crippen molar-refractivity contribution in [3.8, 4) is 0 Å². The molecule has 2 heterocycles. The summed E-state index contributed by atoms with van der Waals surface area (Å²) >= 11 is 0. The Balaban J connectivity index is 1.77. The smallest absolute Gasteiger partial charge is 0.324 e. The second-order valence-corrected chi connectivity index (χ2v) is 8.53. The maximum absolute atomic E-state index is 12.8. The normalized spacial score (nSPS) is 17.9. The number of ether oxygens (including phenoxy) is 2. The van der Waals surface area contributed by atoms with Crippen LogP contribution in [0, 0.1) is 5.92 Å². The number of para-hydroxylation sites is 1. The largest absolute Gasteiger partial charge is 0.422 e. The monoisotopic (exact) mass is 399 g/mol. The molecule has 1 aromatic carbocycles. The van der Waals surface area contributed by atoms with Crippen LogP contribution in [0.1, 0.15) is 83.6 Å². The van der Waals surface area contributed by atoms with Crippen LogP contribution in [-0.2, 0) is 19.1 Å². The summed E-state index contributed by atoms with van der Waals surface area (Å²) in [5, 5.41) is 1.05. The molecule has 5 heteroatoms. The molecule has 1 N–H and O–H groups in total. The second-order valence-electron chi connectivity index (χ2n) is 8.53. The van der Waals surface area contributed by atoms with Gasteiger partial charge in [-0.3, -0.25) is 9.59 Å². The van der Waals surface area contributed by atoms with Crippen LogP contribution < -0.4 is 0 Å². The highest BCUT2D eigenvalue weighted by molar-refractivity contribution is 5.98. The average molecular weight is 400 g/mol. The van der Waals surface area contributed by atoms with E-state index < -0.39 is 23.6 Å². The number of fused-ring (bicyclic) bond motifs is 1. The Bertz CT molecular complexity index is 818. The Morgan fingerprint density at radius 2 is 1.59 bits per heavy atom. The molecule has 29 heavy (non-hydrogen) atoms. The second kappa shape index (κ2) is 9.47. The van der Waals surface area contributed by atoms with Crippen LogP contribution in [-0.4, -0.2) is 22.7 Å². The summed E-state index contributed by atoms with van der Waals surface area (Å²) in [4.78, 5) is 28.8. The van der Waals surface area contributed by atoms with E-state index in [0.717, 1.165) is 35.7 Å². The molecule has 3 rings (SSSR count). The van der Waals surface area contributed by atoms with E-state index in [1.165, 1.54) is 32.1 Å². The third-order valence-electron chi connectivity index (χ3n) is 5.74. The van der Waals surface area contributed by atoms with E-state index in [2.05, 4.69) is 11.9 Å². The first kappa shape index (κ1) is 21.4. The third-order valence-corrected chi connectivity index (χ3v) is 5.74. The quantitative estimate of drug-likeness (QED) is 0.309. The number of benzene rings is 1. The lowest BCUT2D eigenvalue weighted by molar-refractivity contribution is -0.241. The highest BCUT2D eigenvalue weighted by atomic mass is 16.7. The lowest BCUT2D eigenvalue weighted by atomic mass is 9.81. The zero-order valence-corrected chi connectivity index (χ0v) is 17.8. The van der Waals surface area contributed by atoms with Crippen molar-refractivity contribution in [1.29, 1.82) is 0 Å². The summed E-state index contributed by atoms with van der Waals surface area (Å²) in [6.07, 6.45) is 11.0. The third kappa shape index (κ3) is 5.20. The SMILES string of the molecule is CCCCCCCCCC(c1c[nH]c2ccccc12)C1C(=O)OC(C)(C)OC1=O. The molecule has 158 valence electrons. The van der Waals surface area contributed by atoms with Gasteiger partial charge in [-0.15, -0.1) is 0 Å². The maximum atomic E-state index is 12.8. The minimum absolute atomic E-state index is 0.252. The number of aromatic amines is 1. The topological polar surface area (TPSA) is 68.4 Å². The van der Waals surface area contributed by atoms with Gasteiger partial charge in [0.25, 0.3) is 5.79 Å². The zero-order chi connectivity index (χ0) is 20.9. The van der Waals surface area contributed by atoms with E-state index in [-0.39, 0.29) is 5.92 Å². The molecule has 0 radical (unpaired) electrons. The van der Waals surface area contributed by atoms with Gasteiger partial charge in [0.05, 0.1) is 0 Å². The van der Waals surface area contributed by atoms with Gasteiger partial charge in [-0.1, -0.05) is 70.1 Å². The minimum atomic E-state index is -1.20. The van der Waals surface area contributed by atoms with Crippen LogP contribution >= 0.6 is 0 Å². The van der Waals surface area contributed by atoms with Crippen LogP contribution in [0.3, 0.4) is 0 Å². The highest BCUT2D eigenvalue weighted by Gasteiger charge is 2.47. The number of nitrogens with one attached hydrogen (secondary N) is 1. The molecule has 0 bridgehead atoms. The summed E-state index contributed by atoms with van der Waals surface area (Å²) in [6.45, 7) is 5.40. The number of carbonyl (C=O) groups is 2. The number of hydrogen-bond donors (Lipinski definition) is 1. The fourth-order valence-electron chi connectivity index (χ4n) is 4.28. The fourth-order valence-corrected chi connectivity index (χ4v) is 4.28. The molecule has 2 aromatic rings. The number of H-pyrrole nitrogens is 1. The number of carbonyl (C=O) groups excluding carboxylic acids is 2. The fraction of sp³-hybridized carbons (Fsp3) is 0.583. The van der Waals surface area contributed by atoms with Crippen molar-refractivity contribution in [2.75, 3.05) is 0 Å². The number of unbranched alkanes of at least 4 members (excludes halogenated alkanes) is 6. The molecule has 1 fully saturated rings. The van der Waals surface area contributed by atoms with Crippen LogP contribution in [0.5, 0.6) is 0 Å². The van der Waals surface area contributed by atoms with E-state index in [1.54, 1.807) is 13.8 Å². The Hall–Kier alpha value is -2.30. The van der Waals surface area contributed by atoms with Gasteiger partial charge in [0, 0.05) is 36.9 Å². The van der Waals surface area contributed by atoms with E-state index in [1.807, 2.05) is 30.5 Å². The molecule has 1 saturated heterocycles. The molecule has 0 amide bonds. The molecule has 1 aliphatic heterocycles. The summed E-state index contributed by atoms with van der Waals surface area (Å²) in [5.74, 6) is -3.33. The van der Waals surface area contributed by atoms with Gasteiger partial charge in [0.1, 0.15) is 0 Å². The number of aromatic nitrogens is 1. The van der Waals surface area contributed by atoms with Gasteiger partial charge in [-0.25, -0.2) is 0 Å². The van der Waals surface area contributed by atoms with E-state index in [9.17, 15) is 9.59 Å². The van der Waals surface area contributed by atoms with Crippen molar-refractivity contribution in [1.82, 2.24) is 4.98 Å². The average Bonchev–Trinajstić information content (AvgIpc) is 3.08. The molecule has 1 aromatic heterocycles. The van der Waals surface area contributed by atoms with E-state index in [0.29, 0.717) is 0 Å².